The Hall–Kier alpha value is -2.98. The number of ether oxygens (including phenoxy) is 1. The molecule has 0 aromatic heterocycles. The number of aromatic hydroxyl groups is 1. The van der Waals surface area contributed by atoms with Crippen LogP contribution in [0.25, 0.3) is 6.08 Å². The Kier molecular flexibility index (Phi) is 6.78. The van der Waals surface area contributed by atoms with Gasteiger partial charge in [-0.25, -0.2) is 4.39 Å². The Balaban J connectivity index is 2.03. The molecule has 0 amide bonds. The molecule has 0 spiro atoms. The van der Waals surface area contributed by atoms with Crippen molar-refractivity contribution < 1.29 is 14.2 Å². The monoisotopic (exact) mass is 406 g/mol. The van der Waals surface area contributed by atoms with E-state index in [0.717, 1.165) is 16.0 Å². The molecular weight excluding hydrogens is 383 g/mol. The smallest absolute Gasteiger partial charge is 0.151 e. The van der Waals surface area contributed by atoms with Crippen LogP contribution in [0.5, 0.6) is 11.5 Å². The SMILES string of the molecule is C/C=C\Sc1ccccc1C(C)(/C=C/c1ccc(F)cc1)Oc1ccc(O)cc1. The first kappa shape index (κ1) is 20.7. The molecule has 29 heavy (non-hydrogen) atoms. The number of allylic oxidation sites excluding steroid dienone is 1. The highest BCUT2D eigenvalue weighted by Gasteiger charge is 2.28. The summed E-state index contributed by atoms with van der Waals surface area (Å²) in [7, 11) is 0. The van der Waals surface area contributed by atoms with Gasteiger partial charge in [-0.3, -0.25) is 0 Å². The quantitative estimate of drug-likeness (QED) is 0.422. The number of phenolic OH excluding ortho intramolecular Hbond substituents is 1. The van der Waals surface area contributed by atoms with Crippen molar-refractivity contribution in [3.05, 3.63) is 107 Å². The van der Waals surface area contributed by atoms with E-state index in [2.05, 4.69) is 6.07 Å². The van der Waals surface area contributed by atoms with E-state index >= 15 is 0 Å². The van der Waals surface area contributed by atoms with Gasteiger partial charge in [0.15, 0.2) is 5.60 Å². The van der Waals surface area contributed by atoms with Crippen LogP contribution in [0.3, 0.4) is 0 Å². The van der Waals surface area contributed by atoms with E-state index in [0.29, 0.717) is 5.75 Å². The molecule has 0 saturated carbocycles. The zero-order valence-electron chi connectivity index (χ0n) is 16.4. The maximum Gasteiger partial charge on any atom is 0.151 e. The molecule has 1 unspecified atom stereocenters. The van der Waals surface area contributed by atoms with Crippen LogP contribution in [0.4, 0.5) is 4.39 Å². The maximum absolute atomic E-state index is 13.2. The Morgan fingerprint density at radius 1 is 0.966 bits per heavy atom. The molecule has 0 aliphatic carbocycles. The van der Waals surface area contributed by atoms with Crippen LogP contribution in [0.15, 0.2) is 95.3 Å². The summed E-state index contributed by atoms with van der Waals surface area (Å²) in [6.07, 6.45) is 5.90. The molecule has 0 fully saturated rings. The van der Waals surface area contributed by atoms with Gasteiger partial charge in [-0.1, -0.05) is 54.2 Å². The predicted molar refractivity (Wildman–Crippen MR) is 119 cm³/mol. The highest BCUT2D eigenvalue weighted by atomic mass is 32.2. The van der Waals surface area contributed by atoms with Crippen LogP contribution in [-0.4, -0.2) is 5.11 Å². The summed E-state index contributed by atoms with van der Waals surface area (Å²) in [6, 6.07) is 21.1. The molecule has 0 bridgehead atoms. The summed E-state index contributed by atoms with van der Waals surface area (Å²) >= 11 is 1.63. The highest BCUT2D eigenvalue weighted by Crippen LogP contribution is 2.37. The maximum atomic E-state index is 13.2. The van der Waals surface area contributed by atoms with Crippen molar-refractivity contribution in [2.24, 2.45) is 0 Å². The molecule has 3 rings (SSSR count). The van der Waals surface area contributed by atoms with Crippen molar-refractivity contribution in [3.8, 4) is 11.5 Å². The molecule has 3 aromatic rings. The fourth-order valence-corrected chi connectivity index (χ4v) is 3.73. The molecule has 1 N–H and O–H groups in total. The number of rotatable bonds is 7. The van der Waals surface area contributed by atoms with Crippen LogP contribution in [-0.2, 0) is 5.60 Å². The van der Waals surface area contributed by atoms with Crippen molar-refractivity contribution in [2.45, 2.75) is 24.3 Å². The lowest BCUT2D eigenvalue weighted by Gasteiger charge is -2.30. The number of hydrogen-bond donors (Lipinski definition) is 1. The fraction of sp³-hybridized carbons (Fsp3) is 0.120. The van der Waals surface area contributed by atoms with Crippen LogP contribution in [0.2, 0.25) is 0 Å². The molecule has 1 atom stereocenters. The summed E-state index contributed by atoms with van der Waals surface area (Å²) in [5, 5.41) is 11.6. The third-order valence-corrected chi connectivity index (χ3v) is 5.40. The molecule has 0 heterocycles. The van der Waals surface area contributed by atoms with E-state index in [1.54, 1.807) is 48.2 Å². The zero-order chi connectivity index (χ0) is 20.7. The van der Waals surface area contributed by atoms with Gasteiger partial charge in [-0.15, -0.1) is 0 Å². The van der Waals surface area contributed by atoms with Crippen molar-refractivity contribution in [3.63, 3.8) is 0 Å². The standard InChI is InChI=1S/C25H23FO2S/c1-3-18-29-24-7-5-4-6-23(24)25(2,28-22-14-12-21(27)13-15-22)17-16-19-8-10-20(26)11-9-19/h3-18,27H,1-2H3/b17-16+,18-3-. The van der Waals surface area contributed by atoms with Gasteiger partial charge < -0.3 is 9.84 Å². The Morgan fingerprint density at radius 3 is 2.34 bits per heavy atom. The van der Waals surface area contributed by atoms with Crippen LogP contribution in [0.1, 0.15) is 25.0 Å². The molecule has 148 valence electrons. The molecule has 0 radical (unpaired) electrons. The first-order chi connectivity index (χ1) is 14.0. The average molecular weight is 407 g/mol. The number of phenols is 1. The number of halogens is 1. The Bertz CT molecular complexity index is 994. The van der Waals surface area contributed by atoms with E-state index < -0.39 is 5.60 Å². The molecule has 0 saturated heterocycles. The van der Waals surface area contributed by atoms with E-state index in [9.17, 15) is 9.50 Å². The van der Waals surface area contributed by atoms with Crippen LogP contribution < -0.4 is 4.74 Å². The summed E-state index contributed by atoms with van der Waals surface area (Å²) in [5.41, 5.74) is 1.11. The van der Waals surface area contributed by atoms with Gasteiger partial charge in [0, 0.05) is 10.5 Å². The largest absolute Gasteiger partial charge is 0.508 e. The van der Waals surface area contributed by atoms with Gasteiger partial charge in [0.2, 0.25) is 0 Å². The molecule has 0 aliphatic heterocycles. The van der Waals surface area contributed by atoms with E-state index in [4.69, 9.17) is 4.74 Å². The predicted octanol–water partition coefficient (Wildman–Crippen LogP) is 7.16. The third kappa shape index (κ3) is 5.52. The van der Waals surface area contributed by atoms with Gasteiger partial charge in [-0.05, 0) is 73.4 Å². The topological polar surface area (TPSA) is 29.5 Å². The van der Waals surface area contributed by atoms with Crippen molar-refractivity contribution >= 4 is 17.8 Å². The van der Waals surface area contributed by atoms with E-state index in [1.165, 1.54) is 12.1 Å². The minimum absolute atomic E-state index is 0.185. The number of hydrogen-bond acceptors (Lipinski definition) is 3. The summed E-state index contributed by atoms with van der Waals surface area (Å²) in [4.78, 5) is 1.08. The fourth-order valence-electron chi connectivity index (χ4n) is 2.89. The van der Waals surface area contributed by atoms with Crippen LogP contribution in [0, 0.1) is 5.82 Å². The van der Waals surface area contributed by atoms with Gasteiger partial charge >= 0.3 is 0 Å². The first-order valence-corrected chi connectivity index (χ1v) is 10.2. The lowest BCUT2D eigenvalue weighted by molar-refractivity contribution is 0.139. The average Bonchev–Trinajstić information content (AvgIpc) is 2.74. The van der Waals surface area contributed by atoms with E-state index in [-0.39, 0.29) is 11.6 Å². The second-order valence-corrected chi connectivity index (χ2v) is 7.62. The molecule has 4 heteroatoms. The minimum Gasteiger partial charge on any atom is -0.508 e. The zero-order valence-corrected chi connectivity index (χ0v) is 17.2. The third-order valence-electron chi connectivity index (χ3n) is 4.38. The van der Waals surface area contributed by atoms with Crippen molar-refractivity contribution in [1.29, 1.82) is 0 Å². The number of thioether (sulfide) groups is 1. The lowest BCUT2D eigenvalue weighted by atomic mass is 9.94. The molecule has 0 aliphatic rings. The van der Waals surface area contributed by atoms with Gasteiger partial charge in [0.25, 0.3) is 0 Å². The summed E-state index contributed by atoms with van der Waals surface area (Å²) in [6.45, 7) is 3.98. The highest BCUT2D eigenvalue weighted by molar-refractivity contribution is 8.02. The minimum atomic E-state index is -0.781. The van der Waals surface area contributed by atoms with Gasteiger partial charge in [0.1, 0.15) is 17.3 Å². The Morgan fingerprint density at radius 2 is 1.66 bits per heavy atom. The molecule has 2 nitrogen and oxygen atoms in total. The number of benzene rings is 3. The Labute approximate surface area is 175 Å². The second-order valence-electron chi connectivity index (χ2n) is 6.67. The first-order valence-electron chi connectivity index (χ1n) is 9.30. The summed E-state index contributed by atoms with van der Waals surface area (Å²) < 4.78 is 19.6. The summed E-state index contributed by atoms with van der Waals surface area (Å²) in [5.74, 6) is 0.559. The molecular formula is C25H23FO2S. The van der Waals surface area contributed by atoms with Gasteiger partial charge in [-0.2, -0.15) is 0 Å². The van der Waals surface area contributed by atoms with E-state index in [1.807, 2.05) is 55.7 Å². The van der Waals surface area contributed by atoms with Crippen molar-refractivity contribution in [2.75, 3.05) is 0 Å². The lowest BCUT2D eigenvalue weighted by Crippen LogP contribution is -2.27. The normalized spacial score (nSPS) is 13.6. The van der Waals surface area contributed by atoms with Gasteiger partial charge in [0.05, 0.1) is 0 Å². The van der Waals surface area contributed by atoms with Crippen LogP contribution >= 0.6 is 11.8 Å². The molecule has 3 aromatic carbocycles. The second kappa shape index (κ2) is 9.48. The van der Waals surface area contributed by atoms with Crippen molar-refractivity contribution in [1.82, 2.24) is 0 Å².